The van der Waals surface area contributed by atoms with Crippen LogP contribution in [0.5, 0.6) is 0 Å². The summed E-state index contributed by atoms with van der Waals surface area (Å²) in [5.41, 5.74) is 0.909. The Bertz CT molecular complexity index is 462. The van der Waals surface area contributed by atoms with Crippen molar-refractivity contribution in [2.75, 3.05) is 24.7 Å². The van der Waals surface area contributed by atoms with Crippen LogP contribution in [0.2, 0.25) is 0 Å². The van der Waals surface area contributed by atoms with Crippen molar-refractivity contribution >= 4 is 15.5 Å². The molecule has 0 bridgehead atoms. The molecule has 0 radical (unpaired) electrons. The normalized spacial score (nSPS) is 13.2. The van der Waals surface area contributed by atoms with Crippen LogP contribution in [0.3, 0.4) is 0 Å². The van der Waals surface area contributed by atoms with Gasteiger partial charge in [0.1, 0.15) is 0 Å². The number of benzene rings is 1. The first-order valence-electron chi connectivity index (χ1n) is 6.62. The van der Waals surface area contributed by atoms with Gasteiger partial charge in [-0.25, -0.2) is 8.42 Å². The molecular formula is C14H23NO3S. The van der Waals surface area contributed by atoms with E-state index in [-0.39, 0.29) is 6.61 Å². The van der Waals surface area contributed by atoms with Crippen LogP contribution in [-0.4, -0.2) is 32.9 Å². The van der Waals surface area contributed by atoms with Crippen molar-refractivity contribution in [1.29, 1.82) is 0 Å². The standard InChI is InChI=1S/C14H23NO3S/c1-3-4-12(9-10-16)11-15-13-5-7-14(8-6-13)19(2,17)18/h5-8,12,15-16H,3-4,9-11H2,1-2H3. The number of rotatable bonds is 8. The molecule has 0 aromatic heterocycles. The molecule has 0 heterocycles. The summed E-state index contributed by atoms with van der Waals surface area (Å²) in [4.78, 5) is 0.332. The fraction of sp³-hybridized carbons (Fsp3) is 0.571. The maximum absolute atomic E-state index is 11.3. The number of aliphatic hydroxyl groups excluding tert-OH is 1. The highest BCUT2D eigenvalue weighted by Crippen LogP contribution is 2.16. The van der Waals surface area contributed by atoms with Crippen molar-refractivity contribution in [3.8, 4) is 0 Å². The fourth-order valence-corrected chi connectivity index (χ4v) is 2.65. The second-order valence-electron chi connectivity index (χ2n) is 4.84. The minimum absolute atomic E-state index is 0.208. The summed E-state index contributed by atoms with van der Waals surface area (Å²) in [5, 5.41) is 12.3. The molecule has 2 N–H and O–H groups in total. The average molecular weight is 285 g/mol. The first kappa shape index (κ1) is 16.0. The van der Waals surface area contributed by atoms with E-state index < -0.39 is 9.84 Å². The van der Waals surface area contributed by atoms with E-state index in [1.807, 2.05) is 0 Å². The zero-order valence-corrected chi connectivity index (χ0v) is 12.4. The van der Waals surface area contributed by atoms with Crippen molar-refractivity contribution < 1.29 is 13.5 Å². The predicted octanol–water partition coefficient (Wildman–Crippen LogP) is 2.30. The lowest BCUT2D eigenvalue weighted by Crippen LogP contribution is -2.15. The first-order chi connectivity index (χ1) is 8.97. The number of anilines is 1. The highest BCUT2D eigenvalue weighted by molar-refractivity contribution is 7.90. The Morgan fingerprint density at radius 1 is 1.21 bits per heavy atom. The Morgan fingerprint density at radius 2 is 1.84 bits per heavy atom. The van der Waals surface area contributed by atoms with E-state index >= 15 is 0 Å². The van der Waals surface area contributed by atoms with Gasteiger partial charge in [0.15, 0.2) is 9.84 Å². The highest BCUT2D eigenvalue weighted by atomic mass is 32.2. The summed E-state index contributed by atoms with van der Waals surface area (Å²) in [6.45, 7) is 3.14. The highest BCUT2D eigenvalue weighted by Gasteiger charge is 2.08. The second kappa shape index (κ2) is 7.50. The summed E-state index contributed by atoms with van der Waals surface area (Å²) in [6.07, 6.45) is 4.17. The summed E-state index contributed by atoms with van der Waals surface area (Å²) in [5.74, 6) is 0.449. The number of sulfone groups is 1. The van der Waals surface area contributed by atoms with Gasteiger partial charge in [0.05, 0.1) is 4.90 Å². The summed E-state index contributed by atoms with van der Waals surface area (Å²) in [6, 6.07) is 6.77. The molecule has 0 spiro atoms. The monoisotopic (exact) mass is 285 g/mol. The molecule has 0 amide bonds. The van der Waals surface area contributed by atoms with Crippen molar-refractivity contribution in [3.63, 3.8) is 0 Å². The minimum Gasteiger partial charge on any atom is -0.396 e. The van der Waals surface area contributed by atoms with Gasteiger partial charge in [0.25, 0.3) is 0 Å². The Morgan fingerprint density at radius 3 is 2.32 bits per heavy atom. The molecule has 0 aliphatic rings. The van der Waals surface area contributed by atoms with Gasteiger partial charge in [-0.2, -0.15) is 0 Å². The van der Waals surface area contributed by atoms with Crippen LogP contribution in [0, 0.1) is 5.92 Å². The Kier molecular flexibility index (Phi) is 6.31. The molecular weight excluding hydrogens is 262 g/mol. The summed E-state index contributed by atoms with van der Waals surface area (Å²) < 4.78 is 22.7. The predicted molar refractivity (Wildman–Crippen MR) is 78.1 cm³/mol. The lowest BCUT2D eigenvalue weighted by molar-refractivity contribution is 0.255. The van der Waals surface area contributed by atoms with Crippen LogP contribution >= 0.6 is 0 Å². The zero-order chi connectivity index (χ0) is 14.3. The summed E-state index contributed by atoms with van der Waals surface area (Å²) in [7, 11) is -3.13. The van der Waals surface area contributed by atoms with E-state index in [1.54, 1.807) is 24.3 Å². The molecule has 1 aromatic carbocycles. The lowest BCUT2D eigenvalue weighted by atomic mass is 10.0. The van der Waals surface area contributed by atoms with E-state index in [1.165, 1.54) is 6.26 Å². The minimum atomic E-state index is -3.13. The number of nitrogens with one attached hydrogen (secondary N) is 1. The SMILES string of the molecule is CCCC(CCO)CNc1ccc(S(C)(=O)=O)cc1. The molecule has 5 heteroatoms. The maximum atomic E-state index is 11.3. The number of aliphatic hydroxyl groups is 1. The third kappa shape index (κ3) is 5.61. The fourth-order valence-electron chi connectivity index (χ4n) is 2.02. The topological polar surface area (TPSA) is 66.4 Å². The molecule has 0 aliphatic heterocycles. The molecule has 0 aliphatic carbocycles. The van der Waals surface area contributed by atoms with Gasteiger partial charge in [0, 0.05) is 25.1 Å². The lowest BCUT2D eigenvalue weighted by Gasteiger charge is -2.16. The van der Waals surface area contributed by atoms with Gasteiger partial charge in [-0.15, -0.1) is 0 Å². The quantitative estimate of drug-likeness (QED) is 0.769. The molecule has 0 fully saturated rings. The van der Waals surface area contributed by atoms with E-state index in [9.17, 15) is 8.42 Å². The largest absolute Gasteiger partial charge is 0.396 e. The number of hydrogen-bond acceptors (Lipinski definition) is 4. The van der Waals surface area contributed by atoms with Crippen LogP contribution in [0.4, 0.5) is 5.69 Å². The molecule has 19 heavy (non-hydrogen) atoms. The maximum Gasteiger partial charge on any atom is 0.175 e. The van der Waals surface area contributed by atoms with Crippen LogP contribution in [-0.2, 0) is 9.84 Å². The van der Waals surface area contributed by atoms with Gasteiger partial charge in [-0.1, -0.05) is 13.3 Å². The van der Waals surface area contributed by atoms with Crippen molar-refractivity contribution in [1.82, 2.24) is 0 Å². The van der Waals surface area contributed by atoms with E-state index in [4.69, 9.17) is 5.11 Å². The molecule has 4 nitrogen and oxygen atoms in total. The van der Waals surface area contributed by atoms with Gasteiger partial charge in [0.2, 0.25) is 0 Å². The van der Waals surface area contributed by atoms with E-state index in [0.717, 1.165) is 31.5 Å². The van der Waals surface area contributed by atoms with Gasteiger partial charge in [-0.05, 0) is 43.0 Å². The van der Waals surface area contributed by atoms with Crippen LogP contribution < -0.4 is 5.32 Å². The zero-order valence-electron chi connectivity index (χ0n) is 11.6. The van der Waals surface area contributed by atoms with Gasteiger partial charge in [-0.3, -0.25) is 0 Å². The Hall–Kier alpha value is -1.07. The molecule has 1 rings (SSSR count). The van der Waals surface area contributed by atoms with Gasteiger partial charge >= 0.3 is 0 Å². The van der Waals surface area contributed by atoms with Crippen LogP contribution in [0.25, 0.3) is 0 Å². The van der Waals surface area contributed by atoms with Crippen molar-refractivity contribution in [3.05, 3.63) is 24.3 Å². The molecule has 0 saturated carbocycles. The molecule has 0 saturated heterocycles. The van der Waals surface area contributed by atoms with Crippen LogP contribution in [0.1, 0.15) is 26.2 Å². The smallest absolute Gasteiger partial charge is 0.175 e. The van der Waals surface area contributed by atoms with Crippen molar-refractivity contribution in [2.24, 2.45) is 5.92 Å². The third-order valence-corrected chi connectivity index (χ3v) is 4.24. The molecule has 108 valence electrons. The third-order valence-electron chi connectivity index (χ3n) is 3.11. The molecule has 1 aromatic rings. The second-order valence-corrected chi connectivity index (χ2v) is 6.86. The average Bonchev–Trinajstić information content (AvgIpc) is 2.36. The van der Waals surface area contributed by atoms with E-state index in [0.29, 0.717) is 10.8 Å². The van der Waals surface area contributed by atoms with Gasteiger partial charge < -0.3 is 10.4 Å². The van der Waals surface area contributed by atoms with E-state index in [2.05, 4.69) is 12.2 Å². The Labute approximate surface area is 115 Å². The van der Waals surface area contributed by atoms with Crippen LogP contribution in [0.15, 0.2) is 29.2 Å². The number of hydrogen-bond donors (Lipinski definition) is 2. The Balaban J connectivity index is 2.58. The summed E-state index contributed by atoms with van der Waals surface area (Å²) >= 11 is 0. The molecule has 1 unspecified atom stereocenters. The van der Waals surface area contributed by atoms with Crippen molar-refractivity contribution in [2.45, 2.75) is 31.1 Å². The molecule has 1 atom stereocenters. The first-order valence-corrected chi connectivity index (χ1v) is 8.51.